The van der Waals surface area contributed by atoms with E-state index in [0.717, 1.165) is 37.6 Å². The normalized spacial score (nSPS) is 27.9. The molecule has 0 aromatic heterocycles. The highest BCUT2D eigenvalue weighted by Crippen LogP contribution is 2.37. The van der Waals surface area contributed by atoms with Gasteiger partial charge in [0.25, 0.3) is 0 Å². The topological polar surface area (TPSA) is 37.0 Å². The van der Waals surface area contributed by atoms with Gasteiger partial charge in [0.2, 0.25) is 0 Å². The highest BCUT2D eigenvalue weighted by atomic mass is 16.5. The Morgan fingerprint density at radius 3 is 2.88 bits per heavy atom. The zero-order chi connectivity index (χ0) is 16.5. The summed E-state index contributed by atoms with van der Waals surface area (Å²) in [6.07, 6.45) is 2.55. The zero-order valence-corrected chi connectivity index (χ0v) is 14.9. The Morgan fingerprint density at radius 1 is 1.25 bits per heavy atom. The van der Waals surface area contributed by atoms with Crippen molar-refractivity contribution in [2.24, 2.45) is 0 Å². The average molecular weight is 331 g/mol. The maximum absolute atomic E-state index is 6.09. The number of rotatable bonds is 4. The van der Waals surface area contributed by atoms with Gasteiger partial charge >= 0.3 is 0 Å². The summed E-state index contributed by atoms with van der Waals surface area (Å²) in [5.74, 6) is 2.06. The quantitative estimate of drug-likeness (QED) is 0.905. The van der Waals surface area contributed by atoms with Crippen molar-refractivity contribution in [2.75, 3.05) is 46.4 Å². The minimum absolute atomic E-state index is 0.276. The van der Waals surface area contributed by atoms with E-state index in [2.05, 4.69) is 34.2 Å². The molecule has 2 atom stereocenters. The van der Waals surface area contributed by atoms with Gasteiger partial charge in [-0.25, -0.2) is 0 Å². The second-order valence-electron chi connectivity index (χ2n) is 7.37. The van der Waals surface area contributed by atoms with Gasteiger partial charge < -0.3 is 14.8 Å². The molecule has 2 unspecified atom stereocenters. The van der Waals surface area contributed by atoms with Crippen LogP contribution < -0.4 is 14.8 Å². The lowest BCUT2D eigenvalue weighted by Crippen LogP contribution is -2.49. The molecular formula is C19H29N3O2. The number of hydrogen-bond donors (Lipinski definition) is 1. The number of ether oxygens (including phenoxy) is 2. The SMILES string of the molecule is COc1cc2c(c(CN3CCC(N4CCNCC4)C3)c1)OC(C)C2. The van der Waals surface area contributed by atoms with Crippen molar-refractivity contribution in [3.05, 3.63) is 23.3 Å². The first-order valence-electron chi connectivity index (χ1n) is 9.26. The van der Waals surface area contributed by atoms with Crippen molar-refractivity contribution in [2.45, 2.75) is 38.5 Å². The molecule has 1 aromatic carbocycles. The lowest BCUT2D eigenvalue weighted by atomic mass is 10.1. The fraction of sp³-hybridized carbons (Fsp3) is 0.684. The molecule has 3 aliphatic rings. The van der Waals surface area contributed by atoms with E-state index >= 15 is 0 Å². The van der Waals surface area contributed by atoms with Crippen LogP contribution in [-0.2, 0) is 13.0 Å². The number of nitrogens with one attached hydrogen (secondary N) is 1. The molecule has 1 aromatic rings. The van der Waals surface area contributed by atoms with Gasteiger partial charge in [0.15, 0.2) is 0 Å². The molecule has 5 heteroatoms. The molecule has 4 rings (SSSR count). The largest absolute Gasteiger partial charge is 0.497 e. The number of likely N-dealkylation sites (tertiary alicyclic amines) is 1. The van der Waals surface area contributed by atoms with E-state index in [0.29, 0.717) is 6.04 Å². The molecule has 0 aliphatic carbocycles. The van der Waals surface area contributed by atoms with Crippen molar-refractivity contribution >= 4 is 0 Å². The highest BCUT2D eigenvalue weighted by molar-refractivity contribution is 5.49. The van der Waals surface area contributed by atoms with Crippen LogP contribution in [-0.4, -0.2) is 68.3 Å². The van der Waals surface area contributed by atoms with Gasteiger partial charge in [0.1, 0.15) is 17.6 Å². The minimum Gasteiger partial charge on any atom is -0.497 e. The second-order valence-corrected chi connectivity index (χ2v) is 7.37. The summed E-state index contributed by atoms with van der Waals surface area (Å²) in [5, 5.41) is 3.45. The van der Waals surface area contributed by atoms with Gasteiger partial charge in [-0.15, -0.1) is 0 Å². The first kappa shape index (κ1) is 16.2. The molecule has 2 fully saturated rings. The third-order valence-corrected chi connectivity index (χ3v) is 5.59. The predicted molar refractivity (Wildman–Crippen MR) is 94.9 cm³/mol. The van der Waals surface area contributed by atoms with Crippen molar-refractivity contribution < 1.29 is 9.47 Å². The molecular weight excluding hydrogens is 302 g/mol. The molecule has 3 aliphatic heterocycles. The van der Waals surface area contributed by atoms with Crippen LogP contribution in [0.25, 0.3) is 0 Å². The molecule has 5 nitrogen and oxygen atoms in total. The third-order valence-electron chi connectivity index (χ3n) is 5.59. The number of nitrogens with zero attached hydrogens (tertiary/aromatic N) is 2. The number of benzene rings is 1. The summed E-state index contributed by atoms with van der Waals surface area (Å²) in [7, 11) is 1.75. The fourth-order valence-electron chi connectivity index (χ4n) is 4.36. The smallest absolute Gasteiger partial charge is 0.127 e. The van der Waals surface area contributed by atoms with E-state index in [9.17, 15) is 0 Å². The lowest BCUT2D eigenvalue weighted by molar-refractivity contribution is 0.170. The van der Waals surface area contributed by atoms with Crippen LogP contribution in [0.5, 0.6) is 11.5 Å². The Morgan fingerprint density at radius 2 is 2.08 bits per heavy atom. The maximum Gasteiger partial charge on any atom is 0.127 e. The molecule has 0 saturated carbocycles. The van der Waals surface area contributed by atoms with Gasteiger partial charge in [0, 0.05) is 69.4 Å². The van der Waals surface area contributed by atoms with Crippen LogP contribution in [0.1, 0.15) is 24.5 Å². The van der Waals surface area contributed by atoms with E-state index in [-0.39, 0.29) is 6.10 Å². The van der Waals surface area contributed by atoms with Gasteiger partial charge in [-0.05, 0) is 25.5 Å². The van der Waals surface area contributed by atoms with E-state index in [1.807, 2.05) is 0 Å². The van der Waals surface area contributed by atoms with Gasteiger partial charge in [-0.3, -0.25) is 9.80 Å². The molecule has 132 valence electrons. The number of methoxy groups -OCH3 is 1. The average Bonchev–Trinajstić information content (AvgIpc) is 3.21. The minimum atomic E-state index is 0.276. The summed E-state index contributed by atoms with van der Waals surface area (Å²) < 4.78 is 11.6. The molecule has 0 amide bonds. The first-order chi connectivity index (χ1) is 11.7. The van der Waals surface area contributed by atoms with E-state index < -0.39 is 0 Å². The molecule has 1 N–H and O–H groups in total. The number of piperazine rings is 1. The summed E-state index contributed by atoms with van der Waals surface area (Å²) in [4.78, 5) is 5.24. The molecule has 3 heterocycles. The first-order valence-corrected chi connectivity index (χ1v) is 9.26. The lowest BCUT2D eigenvalue weighted by Gasteiger charge is -2.32. The van der Waals surface area contributed by atoms with Crippen molar-refractivity contribution in [3.8, 4) is 11.5 Å². The summed E-state index contributed by atoms with van der Waals surface area (Å²) in [6.45, 7) is 10.1. The van der Waals surface area contributed by atoms with Crippen molar-refractivity contribution in [1.29, 1.82) is 0 Å². The second kappa shape index (κ2) is 6.90. The molecule has 0 radical (unpaired) electrons. The molecule has 24 heavy (non-hydrogen) atoms. The highest BCUT2D eigenvalue weighted by Gasteiger charge is 2.30. The standard InChI is InChI=1S/C19H29N3O2/c1-14-9-15-10-18(23-2)11-16(19(15)24-14)12-21-6-3-17(13-21)22-7-4-20-5-8-22/h10-11,14,17,20H,3-9,12-13H2,1-2H3. The molecule has 2 saturated heterocycles. The summed E-state index contributed by atoms with van der Waals surface area (Å²) in [6, 6.07) is 5.01. The third kappa shape index (κ3) is 3.25. The predicted octanol–water partition coefficient (Wildman–Crippen LogP) is 1.50. The molecule has 0 bridgehead atoms. The van der Waals surface area contributed by atoms with Gasteiger partial charge in [0.05, 0.1) is 7.11 Å². The number of fused-ring (bicyclic) bond motifs is 1. The van der Waals surface area contributed by atoms with Crippen LogP contribution in [0.4, 0.5) is 0 Å². The monoisotopic (exact) mass is 331 g/mol. The van der Waals surface area contributed by atoms with Gasteiger partial charge in [-0.1, -0.05) is 0 Å². The number of hydrogen-bond acceptors (Lipinski definition) is 5. The van der Waals surface area contributed by atoms with Crippen LogP contribution in [0, 0.1) is 0 Å². The summed E-state index contributed by atoms with van der Waals surface area (Å²) in [5.41, 5.74) is 2.59. The van der Waals surface area contributed by atoms with Crippen LogP contribution in [0.2, 0.25) is 0 Å². The fourth-order valence-corrected chi connectivity index (χ4v) is 4.36. The van der Waals surface area contributed by atoms with E-state index in [1.54, 1.807) is 7.11 Å². The maximum atomic E-state index is 6.09. The Bertz CT molecular complexity index is 586. The van der Waals surface area contributed by atoms with Crippen molar-refractivity contribution in [3.63, 3.8) is 0 Å². The van der Waals surface area contributed by atoms with Crippen LogP contribution in [0.15, 0.2) is 12.1 Å². The van der Waals surface area contributed by atoms with Crippen LogP contribution >= 0.6 is 0 Å². The summed E-state index contributed by atoms with van der Waals surface area (Å²) >= 11 is 0. The zero-order valence-electron chi connectivity index (χ0n) is 14.9. The Balaban J connectivity index is 1.45. The Hall–Kier alpha value is -1.30. The van der Waals surface area contributed by atoms with Crippen molar-refractivity contribution in [1.82, 2.24) is 15.1 Å². The Kier molecular flexibility index (Phi) is 4.66. The van der Waals surface area contributed by atoms with Gasteiger partial charge in [-0.2, -0.15) is 0 Å². The molecule has 0 spiro atoms. The van der Waals surface area contributed by atoms with E-state index in [4.69, 9.17) is 9.47 Å². The van der Waals surface area contributed by atoms with E-state index in [1.165, 1.54) is 43.7 Å². The van der Waals surface area contributed by atoms with Crippen LogP contribution in [0.3, 0.4) is 0 Å². The Labute approximate surface area is 144 Å².